The molecule has 0 amide bonds. The molecule has 1 aliphatic rings. The van der Waals surface area contributed by atoms with E-state index in [1.807, 2.05) is 11.0 Å². The Morgan fingerprint density at radius 1 is 1.43 bits per heavy atom. The number of hydrogen-bond donors (Lipinski definition) is 4. The summed E-state index contributed by atoms with van der Waals surface area (Å²) in [7, 11) is 0. The molecule has 2 aromatic rings. The first-order valence-electron chi connectivity index (χ1n) is 6.60. The van der Waals surface area contributed by atoms with Crippen LogP contribution in [-0.4, -0.2) is 40.2 Å². The molecule has 0 radical (unpaired) electrons. The first-order valence-corrected chi connectivity index (χ1v) is 6.60. The first-order chi connectivity index (χ1) is 10.1. The van der Waals surface area contributed by atoms with Gasteiger partial charge in [-0.3, -0.25) is 5.84 Å². The van der Waals surface area contributed by atoms with Crippen molar-refractivity contribution in [2.75, 3.05) is 23.4 Å². The molecule has 2 heterocycles. The fourth-order valence-electron chi connectivity index (χ4n) is 2.52. The third-order valence-electron chi connectivity index (χ3n) is 3.56. The number of fused-ring (bicyclic) bond motifs is 1. The molecule has 1 unspecified atom stereocenters. The molecule has 6 N–H and O–H groups in total. The summed E-state index contributed by atoms with van der Waals surface area (Å²) >= 11 is 0. The maximum atomic E-state index is 11.2. The number of nitrogens with two attached hydrogens (primary N) is 2. The van der Waals surface area contributed by atoms with Crippen LogP contribution in [0, 0.1) is 0 Å². The van der Waals surface area contributed by atoms with Gasteiger partial charge in [0.25, 0.3) is 0 Å². The lowest BCUT2D eigenvalue weighted by atomic mass is 10.2. The number of carboxylic acids is 1. The Labute approximate surface area is 120 Å². The van der Waals surface area contributed by atoms with Gasteiger partial charge in [-0.25, -0.2) is 14.8 Å². The third kappa shape index (κ3) is 2.46. The van der Waals surface area contributed by atoms with E-state index in [4.69, 9.17) is 11.6 Å². The summed E-state index contributed by atoms with van der Waals surface area (Å²) < 4.78 is 0. The van der Waals surface area contributed by atoms with Crippen molar-refractivity contribution in [2.45, 2.75) is 12.5 Å². The van der Waals surface area contributed by atoms with Crippen LogP contribution in [-0.2, 0) is 0 Å². The molecule has 0 spiro atoms. The number of hydrogen-bond acceptors (Lipinski definition) is 7. The number of nitrogens with one attached hydrogen (secondary N) is 1. The van der Waals surface area contributed by atoms with Crippen LogP contribution in [0.3, 0.4) is 0 Å². The second-order valence-electron chi connectivity index (χ2n) is 5.05. The molecule has 8 nitrogen and oxygen atoms in total. The van der Waals surface area contributed by atoms with Gasteiger partial charge in [-0.1, -0.05) is 0 Å². The van der Waals surface area contributed by atoms with Crippen molar-refractivity contribution in [3.63, 3.8) is 0 Å². The minimum absolute atomic E-state index is 0.0771. The number of anilines is 2. The molecule has 3 rings (SSSR count). The second-order valence-corrected chi connectivity index (χ2v) is 5.05. The average molecular weight is 288 g/mol. The number of carbonyl (C=O) groups is 1. The molecule has 1 saturated heterocycles. The summed E-state index contributed by atoms with van der Waals surface area (Å²) in [6, 6.07) is 5.40. The van der Waals surface area contributed by atoms with Crippen LogP contribution in [0.2, 0.25) is 0 Å². The van der Waals surface area contributed by atoms with Gasteiger partial charge >= 0.3 is 5.97 Å². The number of aromatic carboxylic acids is 1. The normalized spacial score (nSPS) is 18.2. The van der Waals surface area contributed by atoms with E-state index in [-0.39, 0.29) is 11.9 Å². The lowest BCUT2D eigenvalue weighted by Crippen LogP contribution is -2.27. The zero-order valence-electron chi connectivity index (χ0n) is 11.3. The summed E-state index contributed by atoms with van der Waals surface area (Å²) in [4.78, 5) is 21.5. The monoisotopic (exact) mass is 288 g/mol. The Bertz CT molecular complexity index is 704. The average Bonchev–Trinajstić information content (AvgIpc) is 2.91. The number of carboxylic acid groups (broad SMARTS) is 1. The van der Waals surface area contributed by atoms with E-state index >= 15 is 0 Å². The lowest BCUT2D eigenvalue weighted by molar-refractivity contribution is 0.0684. The Kier molecular flexibility index (Phi) is 3.32. The van der Waals surface area contributed by atoms with Gasteiger partial charge in [0.05, 0.1) is 11.2 Å². The van der Waals surface area contributed by atoms with E-state index in [2.05, 4.69) is 15.4 Å². The van der Waals surface area contributed by atoms with Crippen LogP contribution in [0.25, 0.3) is 10.9 Å². The molecule has 1 aliphatic heterocycles. The van der Waals surface area contributed by atoms with Crippen molar-refractivity contribution in [2.24, 2.45) is 11.6 Å². The molecule has 1 atom stereocenters. The third-order valence-corrected chi connectivity index (χ3v) is 3.56. The fourth-order valence-corrected chi connectivity index (χ4v) is 2.52. The Balaban J connectivity index is 2.18. The standard InChI is InChI=1S/C13H16N6O2/c14-7-3-4-19(6-7)12-9-2-1-8(18-15)5-10(9)16-11(17-12)13(20)21/h1-2,5,7,18H,3-4,6,14-15H2,(H,20,21). The van der Waals surface area contributed by atoms with Crippen molar-refractivity contribution in [1.29, 1.82) is 0 Å². The topological polar surface area (TPSA) is 130 Å². The lowest BCUT2D eigenvalue weighted by Gasteiger charge is -2.19. The quantitative estimate of drug-likeness (QED) is 0.464. The predicted molar refractivity (Wildman–Crippen MR) is 79.1 cm³/mol. The number of nitrogen functional groups attached to an aromatic ring is 1. The van der Waals surface area contributed by atoms with E-state index in [1.54, 1.807) is 12.1 Å². The highest BCUT2D eigenvalue weighted by Gasteiger charge is 2.24. The van der Waals surface area contributed by atoms with E-state index < -0.39 is 5.97 Å². The summed E-state index contributed by atoms with van der Waals surface area (Å²) in [6.07, 6.45) is 0.857. The van der Waals surface area contributed by atoms with Gasteiger partial charge in [0.2, 0.25) is 5.82 Å². The van der Waals surface area contributed by atoms with Gasteiger partial charge < -0.3 is 21.2 Å². The zero-order chi connectivity index (χ0) is 15.0. The molecule has 0 bridgehead atoms. The molecule has 1 fully saturated rings. The van der Waals surface area contributed by atoms with Crippen molar-refractivity contribution >= 4 is 28.4 Å². The second kappa shape index (κ2) is 5.15. The number of nitrogens with zero attached hydrogens (tertiary/aromatic N) is 3. The SMILES string of the molecule is NNc1ccc2c(N3CCC(N)C3)nc(C(=O)O)nc2c1. The summed E-state index contributed by atoms with van der Waals surface area (Å²) in [5, 5.41) is 9.97. The van der Waals surface area contributed by atoms with E-state index in [9.17, 15) is 9.90 Å². The Morgan fingerprint density at radius 2 is 2.24 bits per heavy atom. The predicted octanol–water partition coefficient (Wildman–Crippen LogP) is 0.151. The maximum absolute atomic E-state index is 11.2. The van der Waals surface area contributed by atoms with Crippen molar-refractivity contribution in [1.82, 2.24) is 9.97 Å². The Hall–Kier alpha value is -2.45. The van der Waals surface area contributed by atoms with Crippen LogP contribution in [0.5, 0.6) is 0 Å². The maximum Gasteiger partial charge on any atom is 0.374 e. The minimum atomic E-state index is -1.16. The number of rotatable bonds is 3. The first kappa shape index (κ1) is 13.5. The molecular weight excluding hydrogens is 272 g/mol. The largest absolute Gasteiger partial charge is 0.475 e. The molecular formula is C13H16N6O2. The van der Waals surface area contributed by atoms with Gasteiger partial charge in [0.1, 0.15) is 5.82 Å². The van der Waals surface area contributed by atoms with Crippen LogP contribution in [0.4, 0.5) is 11.5 Å². The molecule has 21 heavy (non-hydrogen) atoms. The minimum Gasteiger partial charge on any atom is -0.475 e. The Morgan fingerprint density at radius 3 is 2.86 bits per heavy atom. The van der Waals surface area contributed by atoms with Crippen LogP contribution in [0.15, 0.2) is 18.2 Å². The molecule has 110 valence electrons. The smallest absolute Gasteiger partial charge is 0.374 e. The van der Waals surface area contributed by atoms with E-state index in [1.165, 1.54) is 0 Å². The van der Waals surface area contributed by atoms with E-state index in [0.29, 0.717) is 23.6 Å². The molecule has 0 aliphatic carbocycles. The molecule has 1 aromatic carbocycles. The van der Waals surface area contributed by atoms with E-state index in [0.717, 1.165) is 18.4 Å². The fraction of sp³-hybridized carbons (Fsp3) is 0.308. The van der Waals surface area contributed by atoms with Gasteiger partial charge in [0, 0.05) is 24.5 Å². The van der Waals surface area contributed by atoms with Gasteiger partial charge in [0.15, 0.2) is 0 Å². The highest BCUT2D eigenvalue weighted by Crippen LogP contribution is 2.28. The number of hydrazine groups is 1. The van der Waals surface area contributed by atoms with Gasteiger partial charge in [-0.05, 0) is 24.6 Å². The molecule has 8 heteroatoms. The molecule has 1 aromatic heterocycles. The summed E-state index contributed by atoms with van der Waals surface area (Å²) in [6.45, 7) is 1.41. The number of benzene rings is 1. The summed E-state index contributed by atoms with van der Waals surface area (Å²) in [5.74, 6) is 4.60. The molecule has 0 saturated carbocycles. The summed E-state index contributed by atoms with van der Waals surface area (Å²) in [5.41, 5.74) is 9.63. The zero-order valence-corrected chi connectivity index (χ0v) is 11.3. The van der Waals surface area contributed by atoms with Crippen molar-refractivity contribution < 1.29 is 9.90 Å². The van der Waals surface area contributed by atoms with Crippen LogP contribution >= 0.6 is 0 Å². The van der Waals surface area contributed by atoms with Crippen LogP contribution < -0.4 is 21.9 Å². The van der Waals surface area contributed by atoms with Crippen molar-refractivity contribution in [3.05, 3.63) is 24.0 Å². The highest BCUT2D eigenvalue weighted by molar-refractivity contribution is 5.95. The van der Waals surface area contributed by atoms with Gasteiger partial charge in [-0.2, -0.15) is 0 Å². The highest BCUT2D eigenvalue weighted by atomic mass is 16.4. The van der Waals surface area contributed by atoms with Gasteiger partial charge in [-0.15, -0.1) is 0 Å². The van der Waals surface area contributed by atoms with Crippen LogP contribution in [0.1, 0.15) is 17.0 Å². The number of aromatic nitrogens is 2. The van der Waals surface area contributed by atoms with Crippen molar-refractivity contribution in [3.8, 4) is 0 Å².